The average molecular weight is 198 g/mol. The summed E-state index contributed by atoms with van der Waals surface area (Å²) >= 11 is 0. The summed E-state index contributed by atoms with van der Waals surface area (Å²) in [5.74, 6) is 0.0956. The quantitative estimate of drug-likeness (QED) is 0.709. The fourth-order valence-corrected chi connectivity index (χ4v) is 1.88. The Balaban J connectivity index is 2.58. The molecular formula is C10H18N2O2. The van der Waals surface area contributed by atoms with Crippen molar-refractivity contribution in [3.05, 3.63) is 0 Å². The van der Waals surface area contributed by atoms with Crippen LogP contribution < -0.4 is 5.73 Å². The summed E-state index contributed by atoms with van der Waals surface area (Å²) in [7, 11) is 0. The highest BCUT2D eigenvalue weighted by molar-refractivity contribution is 5.88. The molecule has 2 N–H and O–H groups in total. The molecule has 0 aromatic carbocycles. The van der Waals surface area contributed by atoms with Gasteiger partial charge in [0.05, 0.1) is 6.04 Å². The van der Waals surface area contributed by atoms with Crippen molar-refractivity contribution in [2.45, 2.75) is 45.2 Å². The lowest BCUT2D eigenvalue weighted by Crippen LogP contribution is -2.41. The molecule has 1 heterocycles. The standard InChI is InChI=1S/C10H18N2O2/c1-7(11)6-10(14)12-5-3-4-9(12)8(2)13/h7,9H,3-6,11H2,1-2H3/t7-,9-/m1/s1. The van der Waals surface area contributed by atoms with Crippen LogP contribution in [0.15, 0.2) is 0 Å². The number of carbonyl (C=O) groups is 2. The number of amides is 1. The average Bonchev–Trinajstić information content (AvgIpc) is 2.49. The molecule has 0 aromatic heterocycles. The van der Waals surface area contributed by atoms with Crippen molar-refractivity contribution in [1.82, 2.24) is 4.90 Å². The number of nitrogens with two attached hydrogens (primary N) is 1. The minimum absolute atomic E-state index is 0.0118. The Morgan fingerprint density at radius 2 is 2.21 bits per heavy atom. The molecule has 1 aliphatic heterocycles. The molecule has 80 valence electrons. The minimum Gasteiger partial charge on any atom is -0.333 e. The topological polar surface area (TPSA) is 63.4 Å². The Morgan fingerprint density at radius 3 is 2.71 bits per heavy atom. The van der Waals surface area contributed by atoms with Crippen molar-refractivity contribution in [3.63, 3.8) is 0 Å². The monoisotopic (exact) mass is 198 g/mol. The van der Waals surface area contributed by atoms with Gasteiger partial charge in [-0.25, -0.2) is 0 Å². The third-order valence-corrected chi connectivity index (χ3v) is 2.54. The molecule has 1 saturated heterocycles. The fourth-order valence-electron chi connectivity index (χ4n) is 1.88. The first-order chi connectivity index (χ1) is 6.52. The largest absolute Gasteiger partial charge is 0.333 e. The highest BCUT2D eigenvalue weighted by atomic mass is 16.2. The summed E-state index contributed by atoms with van der Waals surface area (Å²) in [5, 5.41) is 0. The molecule has 1 rings (SSSR count). The summed E-state index contributed by atoms with van der Waals surface area (Å²) in [5.41, 5.74) is 5.55. The second-order valence-corrected chi connectivity index (χ2v) is 4.04. The zero-order valence-electron chi connectivity index (χ0n) is 8.82. The van der Waals surface area contributed by atoms with E-state index >= 15 is 0 Å². The molecule has 1 amide bonds. The van der Waals surface area contributed by atoms with Crippen LogP contribution in [0.2, 0.25) is 0 Å². The normalized spacial score (nSPS) is 23.6. The van der Waals surface area contributed by atoms with E-state index in [1.807, 2.05) is 0 Å². The zero-order valence-corrected chi connectivity index (χ0v) is 8.82. The smallest absolute Gasteiger partial charge is 0.224 e. The maximum absolute atomic E-state index is 11.7. The van der Waals surface area contributed by atoms with Crippen LogP contribution in [0.3, 0.4) is 0 Å². The number of likely N-dealkylation sites (tertiary alicyclic amines) is 1. The lowest BCUT2D eigenvalue weighted by molar-refractivity contribution is -0.137. The lowest BCUT2D eigenvalue weighted by atomic mass is 10.1. The van der Waals surface area contributed by atoms with E-state index < -0.39 is 0 Å². The first kappa shape index (κ1) is 11.2. The van der Waals surface area contributed by atoms with E-state index in [-0.39, 0.29) is 23.8 Å². The van der Waals surface area contributed by atoms with Gasteiger partial charge >= 0.3 is 0 Å². The van der Waals surface area contributed by atoms with Crippen LogP contribution in [-0.4, -0.2) is 35.2 Å². The fraction of sp³-hybridized carbons (Fsp3) is 0.800. The molecule has 1 aliphatic rings. The molecule has 4 heteroatoms. The van der Waals surface area contributed by atoms with Gasteiger partial charge in [-0.3, -0.25) is 9.59 Å². The van der Waals surface area contributed by atoms with Crippen LogP contribution in [0.5, 0.6) is 0 Å². The van der Waals surface area contributed by atoms with Gasteiger partial charge in [-0.1, -0.05) is 0 Å². The van der Waals surface area contributed by atoms with E-state index in [4.69, 9.17) is 5.73 Å². The molecular weight excluding hydrogens is 180 g/mol. The van der Waals surface area contributed by atoms with Gasteiger partial charge in [0.1, 0.15) is 0 Å². The Kier molecular flexibility index (Phi) is 3.63. The van der Waals surface area contributed by atoms with Crippen LogP contribution in [0.25, 0.3) is 0 Å². The number of nitrogens with zero attached hydrogens (tertiary/aromatic N) is 1. The maximum atomic E-state index is 11.7. The SMILES string of the molecule is CC(=O)[C@H]1CCCN1C(=O)C[C@@H](C)N. The summed E-state index contributed by atoms with van der Waals surface area (Å²) < 4.78 is 0. The number of carbonyl (C=O) groups excluding carboxylic acids is 2. The number of ketones is 1. The Hall–Kier alpha value is -0.900. The Morgan fingerprint density at radius 1 is 1.57 bits per heavy atom. The van der Waals surface area contributed by atoms with Crippen LogP contribution >= 0.6 is 0 Å². The molecule has 0 spiro atoms. The Bertz CT molecular complexity index is 238. The molecule has 0 unspecified atom stereocenters. The summed E-state index contributed by atoms with van der Waals surface area (Å²) in [4.78, 5) is 24.6. The summed E-state index contributed by atoms with van der Waals surface area (Å²) in [6, 6.07) is -0.322. The molecule has 2 atom stereocenters. The third kappa shape index (κ3) is 2.54. The van der Waals surface area contributed by atoms with Gasteiger partial charge in [0.2, 0.25) is 5.91 Å². The third-order valence-electron chi connectivity index (χ3n) is 2.54. The van der Waals surface area contributed by atoms with Crippen molar-refractivity contribution >= 4 is 11.7 Å². The number of rotatable bonds is 3. The minimum atomic E-state index is -0.193. The molecule has 1 fully saturated rings. The van der Waals surface area contributed by atoms with E-state index in [0.717, 1.165) is 12.8 Å². The van der Waals surface area contributed by atoms with Crippen molar-refractivity contribution in [2.24, 2.45) is 5.73 Å². The predicted molar refractivity (Wildman–Crippen MR) is 53.7 cm³/mol. The van der Waals surface area contributed by atoms with Gasteiger partial charge in [0.15, 0.2) is 5.78 Å². The van der Waals surface area contributed by atoms with Crippen LogP contribution in [0, 0.1) is 0 Å². The van der Waals surface area contributed by atoms with E-state index in [1.54, 1.807) is 18.7 Å². The zero-order chi connectivity index (χ0) is 10.7. The number of hydrogen-bond acceptors (Lipinski definition) is 3. The first-order valence-electron chi connectivity index (χ1n) is 5.08. The molecule has 0 bridgehead atoms. The number of Topliss-reactive ketones (excluding diaryl/α,β-unsaturated/α-hetero) is 1. The van der Waals surface area contributed by atoms with Gasteiger partial charge < -0.3 is 10.6 Å². The predicted octanol–water partition coefficient (Wildman–Crippen LogP) is 0.304. The maximum Gasteiger partial charge on any atom is 0.224 e. The highest BCUT2D eigenvalue weighted by Crippen LogP contribution is 2.19. The Labute approximate surface area is 84.4 Å². The van der Waals surface area contributed by atoms with Crippen LogP contribution in [-0.2, 0) is 9.59 Å². The van der Waals surface area contributed by atoms with Crippen molar-refractivity contribution in [1.29, 1.82) is 0 Å². The first-order valence-corrected chi connectivity index (χ1v) is 5.08. The van der Waals surface area contributed by atoms with Gasteiger partial charge in [0, 0.05) is 19.0 Å². The second kappa shape index (κ2) is 4.55. The lowest BCUT2D eigenvalue weighted by Gasteiger charge is -2.23. The summed E-state index contributed by atoms with van der Waals surface area (Å²) in [6.45, 7) is 4.05. The van der Waals surface area contributed by atoms with E-state index in [0.29, 0.717) is 13.0 Å². The van der Waals surface area contributed by atoms with Gasteiger partial charge in [-0.05, 0) is 26.7 Å². The highest BCUT2D eigenvalue weighted by Gasteiger charge is 2.31. The van der Waals surface area contributed by atoms with E-state index in [9.17, 15) is 9.59 Å². The van der Waals surface area contributed by atoms with Crippen molar-refractivity contribution in [3.8, 4) is 0 Å². The molecule has 0 radical (unpaired) electrons. The second-order valence-electron chi connectivity index (χ2n) is 4.04. The molecule has 0 aliphatic carbocycles. The molecule has 4 nitrogen and oxygen atoms in total. The van der Waals surface area contributed by atoms with E-state index in [2.05, 4.69) is 0 Å². The molecule has 0 saturated carbocycles. The van der Waals surface area contributed by atoms with Gasteiger partial charge in [-0.15, -0.1) is 0 Å². The van der Waals surface area contributed by atoms with Crippen LogP contribution in [0.1, 0.15) is 33.1 Å². The summed E-state index contributed by atoms with van der Waals surface area (Å²) in [6.07, 6.45) is 2.07. The van der Waals surface area contributed by atoms with Crippen LogP contribution in [0.4, 0.5) is 0 Å². The van der Waals surface area contributed by atoms with Crippen molar-refractivity contribution < 1.29 is 9.59 Å². The van der Waals surface area contributed by atoms with Gasteiger partial charge in [-0.2, -0.15) is 0 Å². The molecule has 0 aromatic rings. The van der Waals surface area contributed by atoms with Crippen molar-refractivity contribution in [2.75, 3.05) is 6.54 Å². The number of hydrogen-bond donors (Lipinski definition) is 1. The van der Waals surface area contributed by atoms with Gasteiger partial charge in [0.25, 0.3) is 0 Å². The van der Waals surface area contributed by atoms with E-state index in [1.165, 1.54) is 0 Å². The molecule has 14 heavy (non-hydrogen) atoms.